The second-order valence-electron chi connectivity index (χ2n) is 4.71. The van der Waals surface area contributed by atoms with E-state index < -0.39 is 5.97 Å². The molecule has 0 aromatic heterocycles. The molecule has 0 heterocycles. The summed E-state index contributed by atoms with van der Waals surface area (Å²) in [5.74, 6) is -0.617. The van der Waals surface area contributed by atoms with Gasteiger partial charge in [-0.2, -0.15) is 5.10 Å². The van der Waals surface area contributed by atoms with Crippen LogP contribution >= 0.6 is 0 Å². The quantitative estimate of drug-likeness (QED) is 0.631. The number of ether oxygens (including phenoxy) is 1. The summed E-state index contributed by atoms with van der Waals surface area (Å²) >= 11 is 0. The number of benzene rings is 2. The fourth-order valence-electron chi connectivity index (χ4n) is 1.95. The minimum atomic E-state index is -1.04. The summed E-state index contributed by atoms with van der Waals surface area (Å²) in [6.45, 7) is 0. The van der Waals surface area contributed by atoms with Crippen molar-refractivity contribution in [1.29, 1.82) is 0 Å². The first-order chi connectivity index (χ1) is 11.1. The van der Waals surface area contributed by atoms with Crippen LogP contribution in [0.4, 0.5) is 0 Å². The summed E-state index contributed by atoms with van der Waals surface area (Å²) in [6, 6.07) is 13.6. The molecule has 0 saturated carbocycles. The topological polar surface area (TPSA) is 88.0 Å². The molecule has 0 atom stereocenters. The zero-order valence-electron chi connectivity index (χ0n) is 12.5. The lowest BCUT2D eigenvalue weighted by Gasteiger charge is -2.03. The molecule has 2 N–H and O–H groups in total. The second kappa shape index (κ2) is 7.74. The molecule has 0 bridgehead atoms. The lowest BCUT2D eigenvalue weighted by atomic mass is 10.1. The van der Waals surface area contributed by atoms with Crippen molar-refractivity contribution in [3.63, 3.8) is 0 Å². The van der Waals surface area contributed by atoms with Crippen molar-refractivity contribution in [3.8, 4) is 5.75 Å². The molecule has 0 spiro atoms. The number of hydrazone groups is 1. The van der Waals surface area contributed by atoms with Crippen molar-refractivity contribution >= 4 is 18.1 Å². The molecular formula is C17H16N2O4. The predicted molar refractivity (Wildman–Crippen MR) is 85.8 cm³/mol. The molecule has 0 radical (unpaired) electrons. The molecule has 2 rings (SSSR count). The van der Waals surface area contributed by atoms with Crippen molar-refractivity contribution in [2.75, 3.05) is 7.11 Å². The van der Waals surface area contributed by atoms with Crippen LogP contribution in [0.15, 0.2) is 53.6 Å². The maximum atomic E-state index is 11.8. The van der Waals surface area contributed by atoms with Crippen LogP contribution in [0.25, 0.3) is 0 Å². The van der Waals surface area contributed by atoms with Gasteiger partial charge in [0.05, 0.1) is 25.3 Å². The molecular weight excluding hydrogens is 296 g/mol. The third-order valence-corrected chi connectivity index (χ3v) is 3.11. The van der Waals surface area contributed by atoms with Crippen LogP contribution in [-0.2, 0) is 11.2 Å². The molecule has 2 aromatic carbocycles. The molecule has 0 unspecified atom stereocenters. The van der Waals surface area contributed by atoms with Gasteiger partial charge in [0.2, 0.25) is 5.91 Å². The number of carboxylic acid groups (broad SMARTS) is 1. The van der Waals surface area contributed by atoms with E-state index in [1.807, 2.05) is 0 Å². The number of carbonyl (C=O) groups excluding carboxylic acids is 1. The monoisotopic (exact) mass is 312 g/mol. The molecule has 0 aliphatic rings. The van der Waals surface area contributed by atoms with E-state index in [0.717, 1.165) is 11.3 Å². The zero-order valence-corrected chi connectivity index (χ0v) is 12.5. The first-order valence-corrected chi connectivity index (χ1v) is 6.87. The van der Waals surface area contributed by atoms with E-state index in [0.29, 0.717) is 5.56 Å². The van der Waals surface area contributed by atoms with Gasteiger partial charge < -0.3 is 9.84 Å². The Balaban J connectivity index is 1.94. The highest BCUT2D eigenvalue weighted by molar-refractivity contribution is 5.98. The molecule has 0 saturated heterocycles. The van der Waals surface area contributed by atoms with Crippen LogP contribution in [0.5, 0.6) is 5.75 Å². The minimum Gasteiger partial charge on any atom is -0.497 e. The van der Waals surface area contributed by atoms with Gasteiger partial charge in [0.25, 0.3) is 0 Å². The third kappa shape index (κ3) is 4.67. The van der Waals surface area contributed by atoms with Crippen LogP contribution < -0.4 is 10.2 Å². The largest absolute Gasteiger partial charge is 0.497 e. The Hall–Kier alpha value is -3.15. The first kappa shape index (κ1) is 16.2. The number of amides is 1. The molecule has 118 valence electrons. The number of hydrogen-bond acceptors (Lipinski definition) is 4. The van der Waals surface area contributed by atoms with E-state index in [2.05, 4.69) is 10.5 Å². The second-order valence-corrected chi connectivity index (χ2v) is 4.71. The molecule has 6 nitrogen and oxygen atoms in total. The van der Waals surface area contributed by atoms with Crippen LogP contribution in [-0.4, -0.2) is 30.3 Å². The Morgan fingerprint density at radius 1 is 1.17 bits per heavy atom. The molecule has 0 aliphatic carbocycles. The Morgan fingerprint density at radius 3 is 2.52 bits per heavy atom. The maximum Gasteiger partial charge on any atom is 0.336 e. The average molecular weight is 312 g/mol. The summed E-state index contributed by atoms with van der Waals surface area (Å²) in [6.07, 6.45) is 1.48. The number of carbonyl (C=O) groups is 2. The first-order valence-electron chi connectivity index (χ1n) is 6.87. The maximum absolute atomic E-state index is 11.8. The smallest absolute Gasteiger partial charge is 0.336 e. The van der Waals surface area contributed by atoms with E-state index >= 15 is 0 Å². The van der Waals surface area contributed by atoms with Gasteiger partial charge in [0, 0.05) is 5.56 Å². The van der Waals surface area contributed by atoms with Gasteiger partial charge in [0.1, 0.15) is 5.75 Å². The standard InChI is InChI=1S/C17H16N2O4/c1-23-14-8-6-12(7-9-14)10-16(20)19-18-11-13-4-2-3-5-15(13)17(21)22/h2-9,11H,10H2,1H3,(H,19,20)(H,21,22)/b18-11-. The summed E-state index contributed by atoms with van der Waals surface area (Å²) in [4.78, 5) is 22.9. The predicted octanol–water partition coefficient (Wildman–Crippen LogP) is 2.09. The normalized spacial score (nSPS) is 10.5. The van der Waals surface area contributed by atoms with Gasteiger partial charge >= 0.3 is 5.97 Å². The molecule has 0 aliphatic heterocycles. The fraction of sp³-hybridized carbons (Fsp3) is 0.118. The van der Waals surface area contributed by atoms with E-state index in [9.17, 15) is 9.59 Å². The van der Waals surface area contributed by atoms with Crippen LogP contribution in [0, 0.1) is 0 Å². The summed E-state index contributed by atoms with van der Waals surface area (Å²) in [5.41, 5.74) is 3.75. The summed E-state index contributed by atoms with van der Waals surface area (Å²) in [5, 5.41) is 12.9. The third-order valence-electron chi connectivity index (χ3n) is 3.11. The summed E-state index contributed by atoms with van der Waals surface area (Å²) in [7, 11) is 1.57. The van der Waals surface area contributed by atoms with Gasteiger partial charge in [-0.15, -0.1) is 0 Å². The van der Waals surface area contributed by atoms with Gasteiger partial charge in [-0.3, -0.25) is 4.79 Å². The highest BCUT2D eigenvalue weighted by atomic mass is 16.5. The molecule has 2 aromatic rings. The Bertz CT molecular complexity index is 724. The number of carboxylic acids is 1. The fourth-order valence-corrected chi connectivity index (χ4v) is 1.95. The van der Waals surface area contributed by atoms with Gasteiger partial charge in [-0.05, 0) is 23.8 Å². The van der Waals surface area contributed by atoms with Crippen LogP contribution in [0.1, 0.15) is 21.5 Å². The number of nitrogens with one attached hydrogen (secondary N) is 1. The minimum absolute atomic E-state index is 0.126. The van der Waals surface area contributed by atoms with Gasteiger partial charge in [0.15, 0.2) is 0 Å². The van der Waals surface area contributed by atoms with Crippen molar-refractivity contribution < 1.29 is 19.4 Å². The van der Waals surface area contributed by atoms with Crippen molar-refractivity contribution in [2.45, 2.75) is 6.42 Å². The number of nitrogens with zero attached hydrogens (tertiary/aromatic N) is 1. The number of aromatic carboxylic acids is 1. The van der Waals surface area contributed by atoms with Crippen LogP contribution in [0.3, 0.4) is 0 Å². The van der Waals surface area contributed by atoms with E-state index in [-0.39, 0.29) is 17.9 Å². The van der Waals surface area contributed by atoms with Crippen molar-refractivity contribution in [3.05, 3.63) is 65.2 Å². The molecule has 23 heavy (non-hydrogen) atoms. The van der Waals surface area contributed by atoms with Gasteiger partial charge in [-0.1, -0.05) is 30.3 Å². The molecule has 0 fully saturated rings. The number of hydrogen-bond donors (Lipinski definition) is 2. The lowest BCUT2D eigenvalue weighted by molar-refractivity contribution is -0.120. The summed E-state index contributed by atoms with van der Waals surface area (Å²) < 4.78 is 5.05. The Kier molecular flexibility index (Phi) is 5.46. The zero-order chi connectivity index (χ0) is 16.7. The molecule has 1 amide bonds. The van der Waals surface area contributed by atoms with Gasteiger partial charge in [-0.25, -0.2) is 10.2 Å². The van der Waals surface area contributed by atoms with E-state index in [1.165, 1.54) is 12.3 Å². The highest BCUT2D eigenvalue weighted by Crippen LogP contribution is 2.11. The Labute approximate surface area is 133 Å². The van der Waals surface area contributed by atoms with Crippen molar-refractivity contribution in [2.24, 2.45) is 5.10 Å². The average Bonchev–Trinajstić information content (AvgIpc) is 2.56. The molecule has 6 heteroatoms. The Morgan fingerprint density at radius 2 is 1.87 bits per heavy atom. The van der Waals surface area contributed by atoms with Crippen LogP contribution in [0.2, 0.25) is 0 Å². The highest BCUT2D eigenvalue weighted by Gasteiger charge is 2.07. The van der Waals surface area contributed by atoms with E-state index in [4.69, 9.17) is 9.84 Å². The number of rotatable bonds is 6. The van der Waals surface area contributed by atoms with E-state index in [1.54, 1.807) is 49.6 Å². The SMILES string of the molecule is COc1ccc(CC(=O)N/N=C\c2ccccc2C(=O)O)cc1. The number of methoxy groups -OCH3 is 1. The lowest BCUT2D eigenvalue weighted by Crippen LogP contribution is -2.19. The van der Waals surface area contributed by atoms with Crippen molar-refractivity contribution in [1.82, 2.24) is 5.43 Å².